The highest BCUT2D eigenvalue weighted by molar-refractivity contribution is 8.18. The molecule has 0 aliphatic carbocycles. The van der Waals surface area contributed by atoms with Gasteiger partial charge in [0.1, 0.15) is 11.5 Å². The monoisotopic (exact) mass is 318 g/mol. The summed E-state index contributed by atoms with van der Waals surface area (Å²) in [5, 5.41) is 0.815. The van der Waals surface area contributed by atoms with Crippen molar-refractivity contribution in [3.8, 4) is 11.5 Å². The maximum Gasteiger partial charge on any atom is 0.286 e. The molecular formula is C16H18N2O3S. The number of amidine groups is 1. The summed E-state index contributed by atoms with van der Waals surface area (Å²) in [6.07, 6.45) is 4.15. The lowest BCUT2D eigenvalue weighted by atomic mass is 10.1. The number of amides is 1. The molecule has 0 bridgehead atoms. The number of benzene rings is 1. The standard InChI is InChI=1S/C16H18N2O3S/c1-20-12-5-6-13(21-2)11(9-12)10-14-15(19)17-16(22-14)18-7-3-4-8-18/h5-6,9-10H,3-4,7-8H2,1-2H3. The Hall–Kier alpha value is -1.95. The number of hydrogen-bond acceptors (Lipinski definition) is 5. The van der Waals surface area contributed by atoms with Crippen LogP contribution in [0.25, 0.3) is 6.08 Å². The summed E-state index contributed by atoms with van der Waals surface area (Å²) in [7, 11) is 3.22. The minimum Gasteiger partial charge on any atom is -0.497 e. The van der Waals surface area contributed by atoms with Crippen LogP contribution in [-0.2, 0) is 4.79 Å². The van der Waals surface area contributed by atoms with Gasteiger partial charge in [-0.3, -0.25) is 4.79 Å². The normalized spacial score (nSPS) is 19.7. The number of carbonyl (C=O) groups is 1. The van der Waals surface area contributed by atoms with Crippen LogP contribution in [0.4, 0.5) is 0 Å². The number of likely N-dealkylation sites (tertiary alicyclic amines) is 1. The van der Waals surface area contributed by atoms with Crippen molar-refractivity contribution in [3.05, 3.63) is 28.7 Å². The van der Waals surface area contributed by atoms with Gasteiger partial charge in [0.2, 0.25) is 0 Å². The van der Waals surface area contributed by atoms with Crippen molar-refractivity contribution < 1.29 is 14.3 Å². The van der Waals surface area contributed by atoms with Gasteiger partial charge < -0.3 is 14.4 Å². The van der Waals surface area contributed by atoms with E-state index in [1.165, 1.54) is 11.8 Å². The highest BCUT2D eigenvalue weighted by atomic mass is 32.2. The lowest BCUT2D eigenvalue weighted by Gasteiger charge is -2.14. The second kappa shape index (κ2) is 6.44. The molecule has 1 saturated heterocycles. The lowest BCUT2D eigenvalue weighted by molar-refractivity contribution is -0.113. The van der Waals surface area contributed by atoms with Crippen LogP contribution in [0.5, 0.6) is 11.5 Å². The van der Waals surface area contributed by atoms with Gasteiger partial charge in [-0.25, -0.2) is 0 Å². The van der Waals surface area contributed by atoms with E-state index in [1.54, 1.807) is 14.2 Å². The second-order valence-electron chi connectivity index (χ2n) is 5.11. The van der Waals surface area contributed by atoms with Crippen molar-refractivity contribution in [3.63, 3.8) is 0 Å². The highest BCUT2D eigenvalue weighted by Gasteiger charge is 2.27. The quantitative estimate of drug-likeness (QED) is 0.802. The van der Waals surface area contributed by atoms with Gasteiger partial charge in [0.15, 0.2) is 5.17 Å². The largest absolute Gasteiger partial charge is 0.497 e. The van der Waals surface area contributed by atoms with Crippen LogP contribution in [0.15, 0.2) is 28.1 Å². The Labute approximate surface area is 134 Å². The predicted molar refractivity (Wildman–Crippen MR) is 88.4 cm³/mol. The summed E-state index contributed by atoms with van der Waals surface area (Å²) in [5.74, 6) is 1.25. The number of thioether (sulfide) groups is 1. The zero-order valence-electron chi connectivity index (χ0n) is 12.7. The molecule has 1 fully saturated rings. The first-order valence-electron chi connectivity index (χ1n) is 7.21. The fourth-order valence-electron chi connectivity index (χ4n) is 2.54. The fourth-order valence-corrected chi connectivity index (χ4v) is 3.49. The summed E-state index contributed by atoms with van der Waals surface area (Å²) in [4.78, 5) is 19.1. The third-order valence-corrected chi connectivity index (χ3v) is 4.75. The van der Waals surface area contributed by atoms with Gasteiger partial charge in [0, 0.05) is 18.7 Å². The van der Waals surface area contributed by atoms with E-state index in [9.17, 15) is 4.79 Å². The van der Waals surface area contributed by atoms with Gasteiger partial charge in [-0.05, 0) is 48.9 Å². The number of methoxy groups -OCH3 is 2. The Bertz CT molecular complexity index is 649. The summed E-state index contributed by atoms with van der Waals surface area (Å²) < 4.78 is 10.6. The molecule has 1 amide bonds. The first-order valence-corrected chi connectivity index (χ1v) is 8.02. The molecule has 1 aromatic carbocycles. The van der Waals surface area contributed by atoms with Gasteiger partial charge >= 0.3 is 0 Å². The first kappa shape index (κ1) is 15.0. The average molecular weight is 318 g/mol. The van der Waals surface area contributed by atoms with E-state index in [0.717, 1.165) is 42.4 Å². The van der Waals surface area contributed by atoms with Crippen molar-refractivity contribution in [1.82, 2.24) is 4.90 Å². The van der Waals surface area contributed by atoms with Gasteiger partial charge in [0.25, 0.3) is 5.91 Å². The third-order valence-electron chi connectivity index (χ3n) is 3.71. The van der Waals surface area contributed by atoms with Gasteiger partial charge in [-0.2, -0.15) is 4.99 Å². The predicted octanol–water partition coefficient (Wildman–Crippen LogP) is 2.77. The fraction of sp³-hybridized carbons (Fsp3) is 0.375. The number of carbonyl (C=O) groups excluding carboxylic acids is 1. The zero-order valence-corrected chi connectivity index (χ0v) is 13.5. The van der Waals surface area contributed by atoms with E-state index in [0.29, 0.717) is 10.7 Å². The Balaban J connectivity index is 1.85. The van der Waals surface area contributed by atoms with Crippen LogP contribution in [0.1, 0.15) is 18.4 Å². The Morgan fingerprint density at radius 1 is 1.23 bits per heavy atom. The Morgan fingerprint density at radius 3 is 2.68 bits per heavy atom. The number of hydrogen-bond donors (Lipinski definition) is 0. The molecule has 5 nitrogen and oxygen atoms in total. The molecule has 2 aliphatic rings. The molecule has 3 rings (SSSR count). The van der Waals surface area contributed by atoms with Crippen molar-refractivity contribution in [1.29, 1.82) is 0 Å². The maximum absolute atomic E-state index is 12.1. The molecule has 0 unspecified atom stereocenters. The smallest absolute Gasteiger partial charge is 0.286 e. The van der Waals surface area contributed by atoms with Crippen LogP contribution < -0.4 is 9.47 Å². The van der Waals surface area contributed by atoms with E-state index < -0.39 is 0 Å². The number of nitrogens with zero attached hydrogens (tertiary/aromatic N) is 2. The number of rotatable bonds is 3. The average Bonchev–Trinajstić information content (AvgIpc) is 3.17. The minimum atomic E-state index is -0.184. The molecule has 0 saturated carbocycles. The first-order chi connectivity index (χ1) is 10.7. The van der Waals surface area contributed by atoms with Crippen LogP contribution in [0.3, 0.4) is 0 Å². The van der Waals surface area contributed by atoms with E-state index in [2.05, 4.69) is 9.89 Å². The molecule has 2 heterocycles. The summed E-state index contributed by atoms with van der Waals surface area (Å²) in [5.41, 5.74) is 0.815. The second-order valence-corrected chi connectivity index (χ2v) is 6.12. The van der Waals surface area contributed by atoms with E-state index >= 15 is 0 Å². The molecule has 1 aromatic rings. The lowest BCUT2D eigenvalue weighted by Crippen LogP contribution is -2.23. The Kier molecular flexibility index (Phi) is 4.38. The molecule has 0 spiro atoms. The minimum absolute atomic E-state index is 0.184. The summed E-state index contributed by atoms with van der Waals surface area (Å²) in [6, 6.07) is 5.52. The highest BCUT2D eigenvalue weighted by Crippen LogP contribution is 2.34. The molecule has 116 valence electrons. The van der Waals surface area contributed by atoms with E-state index in [1.807, 2.05) is 24.3 Å². The van der Waals surface area contributed by atoms with Crippen LogP contribution in [0.2, 0.25) is 0 Å². The van der Waals surface area contributed by atoms with Crippen molar-refractivity contribution >= 4 is 28.9 Å². The zero-order chi connectivity index (χ0) is 15.5. The summed E-state index contributed by atoms with van der Waals surface area (Å²) in [6.45, 7) is 1.96. The Morgan fingerprint density at radius 2 is 2.00 bits per heavy atom. The van der Waals surface area contributed by atoms with Gasteiger partial charge in [0.05, 0.1) is 19.1 Å². The number of ether oxygens (including phenoxy) is 2. The topological polar surface area (TPSA) is 51.1 Å². The third kappa shape index (κ3) is 2.97. The summed E-state index contributed by atoms with van der Waals surface area (Å²) >= 11 is 1.43. The van der Waals surface area contributed by atoms with Crippen LogP contribution in [-0.4, -0.2) is 43.3 Å². The van der Waals surface area contributed by atoms with Gasteiger partial charge in [-0.1, -0.05) is 0 Å². The molecule has 2 aliphatic heterocycles. The van der Waals surface area contributed by atoms with Crippen LogP contribution in [0, 0.1) is 0 Å². The molecule has 0 radical (unpaired) electrons. The number of aliphatic imine (C=N–C) groups is 1. The van der Waals surface area contributed by atoms with E-state index in [4.69, 9.17) is 9.47 Å². The molecule has 22 heavy (non-hydrogen) atoms. The molecule has 0 atom stereocenters. The molecular weight excluding hydrogens is 300 g/mol. The van der Waals surface area contributed by atoms with Crippen molar-refractivity contribution in [2.75, 3.05) is 27.3 Å². The molecule has 0 aromatic heterocycles. The molecule has 0 N–H and O–H groups in total. The van der Waals surface area contributed by atoms with E-state index in [-0.39, 0.29) is 5.91 Å². The van der Waals surface area contributed by atoms with Crippen molar-refractivity contribution in [2.45, 2.75) is 12.8 Å². The maximum atomic E-state index is 12.1. The van der Waals surface area contributed by atoms with Crippen molar-refractivity contribution in [2.24, 2.45) is 4.99 Å². The SMILES string of the molecule is COc1ccc(OC)c(C=C2SC(N3CCCC3)=NC2=O)c1. The molecule has 6 heteroatoms. The van der Waals surface area contributed by atoms with Gasteiger partial charge in [-0.15, -0.1) is 0 Å². The van der Waals surface area contributed by atoms with Crippen LogP contribution >= 0.6 is 11.8 Å².